The summed E-state index contributed by atoms with van der Waals surface area (Å²) in [6.45, 7) is 0. The highest BCUT2D eigenvalue weighted by molar-refractivity contribution is 14.1. The fourth-order valence-corrected chi connectivity index (χ4v) is 2.24. The molecule has 18 heavy (non-hydrogen) atoms. The van der Waals surface area contributed by atoms with Crippen molar-refractivity contribution in [2.45, 2.75) is 6.42 Å². The van der Waals surface area contributed by atoms with E-state index in [9.17, 15) is 4.79 Å². The van der Waals surface area contributed by atoms with Gasteiger partial charge in [0.2, 0.25) is 11.9 Å². The quantitative estimate of drug-likeness (QED) is 0.611. The van der Waals surface area contributed by atoms with Gasteiger partial charge in [0.25, 0.3) is 0 Å². The molecule has 0 fully saturated rings. The molecule has 0 radical (unpaired) electrons. The molecule has 2 aromatic rings. The third-order valence-electron chi connectivity index (χ3n) is 2.76. The van der Waals surface area contributed by atoms with Gasteiger partial charge in [0.1, 0.15) is 0 Å². The summed E-state index contributed by atoms with van der Waals surface area (Å²) in [7, 11) is 0. The second kappa shape index (κ2) is 4.52. The summed E-state index contributed by atoms with van der Waals surface area (Å²) in [6, 6.07) is 7.65. The Labute approximate surface area is 118 Å². The lowest BCUT2D eigenvalue weighted by Crippen LogP contribution is -2.12. The van der Waals surface area contributed by atoms with Crippen molar-refractivity contribution in [3.8, 4) is 11.3 Å². The van der Waals surface area contributed by atoms with Crippen LogP contribution in [0.25, 0.3) is 11.3 Å². The third-order valence-corrected chi connectivity index (χ3v) is 3.24. The van der Waals surface area contributed by atoms with E-state index in [1.54, 1.807) is 6.20 Å². The summed E-state index contributed by atoms with van der Waals surface area (Å²) >= 11 is 1.98. The Morgan fingerprint density at radius 3 is 3.00 bits per heavy atom. The molecule has 0 aliphatic carbocycles. The molecular formula is C12H9IN4O. The molecule has 1 aromatic carbocycles. The second-order valence-electron chi connectivity index (χ2n) is 3.93. The van der Waals surface area contributed by atoms with E-state index in [0.717, 1.165) is 22.5 Å². The number of rotatable bonds is 1. The van der Waals surface area contributed by atoms with Gasteiger partial charge in [-0.05, 0) is 6.07 Å². The Morgan fingerprint density at radius 1 is 1.33 bits per heavy atom. The smallest absolute Gasteiger partial charge is 0.232 e. The van der Waals surface area contributed by atoms with E-state index in [4.69, 9.17) is 0 Å². The molecule has 2 heterocycles. The molecule has 2 N–H and O–H groups in total. The third kappa shape index (κ3) is 1.92. The molecule has 0 unspecified atom stereocenters. The lowest BCUT2D eigenvalue weighted by atomic mass is 10.1. The number of fused-ring (bicyclic) bond motifs is 3. The van der Waals surface area contributed by atoms with Gasteiger partial charge in [-0.25, -0.2) is 9.97 Å². The maximum Gasteiger partial charge on any atom is 0.232 e. The van der Waals surface area contributed by atoms with E-state index in [1.807, 2.05) is 47.1 Å². The minimum atomic E-state index is -0.0417. The van der Waals surface area contributed by atoms with Crippen molar-refractivity contribution in [3.05, 3.63) is 36.0 Å². The van der Waals surface area contributed by atoms with E-state index in [-0.39, 0.29) is 5.91 Å². The van der Waals surface area contributed by atoms with Crippen molar-refractivity contribution in [3.63, 3.8) is 0 Å². The molecule has 0 spiro atoms. The number of hydrogen-bond donors (Lipinski definition) is 2. The van der Waals surface area contributed by atoms with Crippen LogP contribution in [0.4, 0.5) is 11.6 Å². The van der Waals surface area contributed by atoms with Gasteiger partial charge in [0.05, 0.1) is 40.7 Å². The molecule has 5 nitrogen and oxygen atoms in total. The molecule has 1 amide bonds. The zero-order valence-corrected chi connectivity index (χ0v) is 11.4. The number of benzene rings is 1. The fourth-order valence-electron chi connectivity index (χ4n) is 1.98. The van der Waals surface area contributed by atoms with Gasteiger partial charge in [-0.2, -0.15) is 0 Å². The topological polar surface area (TPSA) is 66.9 Å². The van der Waals surface area contributed by atoms with Crippen LogP contribution < -0.4 is 8.85 Å². The molecule has 6 heteroatoms. The Kier molecular flexibility index (Phi) is 2.86. The van der Waals surface area contributed by atoms with Crippen molar-refractivity contribution < 1.29 is 4.79 Å². The summed E-state index contributed by atoms with van der Waals surface area (Å²) in [5.41, 5.74) is 3.36. The van der Waals surface area contributed by atoms with Crippen LogP contribution in [0.1, 0.15) is 5.56 Å². The zero-order chi connectivity index (χ0) is 12.5. The van der Waals surface area contributed by atoms with Gasteiger partial charge >= 0.3 is 0 Å². The first-order valence-electron chi connectivity index (χ1n) is 5.40. The van der Waals surface area contributed by atoms with Crippen LogP contribution in [-0.4, -0.2) is 15.9 Å². The molecule has 0 bridgehead atoms. The van der Waals surface area contributed by atoms with Crippen molar-refractivity contribution in [2.75, 3.05) is 8.85 Å². The standard InChI is InChI=1S/C12H9IN4O/c13-17-12-14-6-7-5-10(18)15-9-4-2-1-3-8(9)11(7)16-12/h1-4,6H,5H2,(H,15,18)(H,14,16,17). The van der Waals surface area contributed by atoms with Gasteiger partial charge in [-0.1, -0.05) is 18.2 Å². The molecule has 1 aromatic heterocycles. The summed E-state index contributed by atoms with van der Waals surface area (Å²) in [4.78, 5) is 20.4. The highest BCUT2D eigenvalue weighted by atomic mass is 127. The minimum absolute atomic E-state index is 0.0417. The average molecular weight is 352 g/mol. The minimum Gasteiger partial charge on any atom is -0.325 e. The van der Waals surface area contributed by atoms with Crippen LogP contribution in [0.3, 0.4) is 0 Å². The van der Waals surface area contributed by atoms with E-state index in [0.29, 0.717) is 12.4 Å². The van der Waals surface area contributed by atoms with Crippen LogP contribution >= 0.6 is 22.9 Å². The molecule has 0 saturated heterocycles. The summed E-state index contributed by atoms with van der Waals surface area (Å²) in [6.07, 6.45) is 2.00. The first kappa shape index (κ1) is 11.4. The lowest BCUT2D eigenvalue weighted by molar-refractivity contribution is -0.115. The number of carbonyl (C=O) groups excluding carboxylic acids is 1. The monoisotopic (exact) mass is 352 g/mol. The average Bonchev–Trinajstić information content (AvgIpc) is 2.53. The van der Waals surface area contributed by atoms with Crippen LogP contribution in [0.2, 0.25) is 0 Å². The Hall–Kier alpha value is -1.70. The molecule has 1 aliphatic heterocycles. The van der Waals surface area contributed by atoms with Crippen LogP contribution in [0, 0.1) is 0 Å². The summed E-state index contributed by atoms with van der Waals surface area (Å²) in [5, 5.41) is 2.88. The number of halogens is 1. The highest BCUT2D eigenvalue weighted by Gasteiger charge is 2.20. The Balaban J connectivity index is 2.26. The number of anilines is 2. The first-order chi connectivity index (χ1) is 8.78. The molecule has 1 aliphatic rings. The maximum atomic E-state index is 11.8. The summed E-state index contributed by atoms with van der Waals surface area (Å²) in [5.74, 6) is 0.499. The largest absolute Gasteiger partial charge is 0.325 e. The predicted molar refractivity (Wildman–Crippen MR) is 77.4 cm³/mol. The molecule has 90 valence electrons. The van der Waals surface area contributed by atoms with Crippen molar-refractivity contribution in [1.82, 2.24) is 9.97 Å². The van der Waals surface area contributed by atoms with Crippen LogP contribution in [-0.2, 0) is 11.2 Å². The number of nitrogens with zero attached hydrogens (tertiary/aromatic N) is 2. The number of para-hydroxylation sites is 1. The van der Waals surface area contributed by atoms with Gasteiger partial charge in [-0.15, -0.1) is 0 Å². The van der Waals surface area contributed by atoms with E-state index < -0.39 is 0 Å². The summed E-state index contributed by atoms with van der Waals surface area (Å²) < 4.78 is 2.88. The van der Waals surface area contributed by atoms with Gasteiger partial charge in [0.15, 0.2) is 0 Å². The fraction of sp³-hybridized carbons (Fsp3) is 0.0833. The van der Waals surface area contributed by atoms with Gasteiger partial charge in [0, 0.05) is 17.3 Å². The van der Waals surface area contributed by atoms with Gasteiger partial charge in [-0.3, -0.25) is 8.32 Å². The van der Waals surface area contributed by atoms with Gasteiger partial charge < -0.3 is 5.32 Å². The van der Waals surface area contributed by atoms with Crippen LogP contribution in [0.5, 0.6) is 0 Å². The van der Waals surface area contributed by atoms with Crippen molar-refractivity contribution in [1.29, 1.82) is 0 Å². The van der Waals surface area contributed by atoms with Crippen molar-refractivity contribution >= 4 is 40.4 Å². The number of aromatic nitrogens is 2. The van der Waals surface area contributed by atoms with Crippen molar-refractivity contribution in [2.24, 2.45) is 0 Å². The highest BCUT2D eigenvalue weighted by Crippen LogP contribution is 2.32. The van der Waals surface area contributed by atoms with Crippen LogP contribution in [0.15, 0.2) is 30.5 Å². The second-order valence-corrected chi connectivity index (χ2v) is 4.47. The Morgan fingerprint density at radius 2 is 2.17 bits per heavy atom. The number of hydrogen-bond acceptors (Lipinski definition) is 4. The first-order valence-corrected chi connectivity index (χ1v) is 6.47. The number of carbonyl (C=O) groups is 1. The normalized spacial score (nSPS) is 13.1. The zero-order valence-electron chi connectivity index (χ0n) is 9.27. The predicted octanol–water partition coefficient (Wildman–Crippen LogP) is 2.40. The lowest BCUT2D eigenvalue weighted by Gasteiger charge is -2.08. The van der Waals surface area contributed by atoms with E-state index >= 15 is 0 Å². The maximum absolute atomic E-state index is 11.8. The number of amides is 1. The molecule has 0 atom stereocenters. The Bertz CT molecular complexity index is 629. The SMILES string of the molecule is O=C1Cc2cnc(NI)nc2-c2ccccc2N1. The molecule has 3 rings (SSSR count). The van der Waals surface area contributed by atoms with E-state index in [1.165, 1.54) is 0 Å². The molecule has 0 saturated carbocycles. The molecular weight excluding hydrogens is 343 g/mol. The number of nitrogens with one attached hydrogen (secondary N) is 2. The van der Waals surface area contributed by atoms with E-state index in [2.05, 4.69) is 18.8 Å².